The molecule has 2 aromatic carbocycles. The number of halogens is 1. The molecule has 2 atom stereocenters. The average Bonchev–Trinajstić information content (AvgIpc) is 2.71. The lowest BCUT2D eigenvalue weighted by atomic mass is 10.1. The second-order valence-electron chi connectivity index (χ2n) is 6.95. The van der Waals surface area contributed by atoms with Gasteiger partial charge in [-0.05, 0) is 48.9 Å². The van der Waals surface area contributed by atoms with E-state index in [9.17, 15) is 14.0 Å². The number of benzene rings is 2. The van der Waals surface area contributed by atoms with Crippen molar-refractivity contribution >= 4 is 23.6 Å². The molecule has 2 N–H and O–H groups in total. The number of carbonyl (C=O) groups excluding carboxylic acids is 2. The van der Waals surface area contributed by atoms with Crippen LogP contribution in [0.15, 0.2) is 54.6 Å². The van der Waals surface area contributed by atoms with E-state index in [0.717, 1.165) is 24.8 Å². The van der Waals surface area contributed by atoms with Gasteiger partial charge in [0.2, 0.25) is 11.8 Å². The second kappa shape index (κ2) is 10.3. The van der Waals surface area contributed by atoms with Crippen LogP contribution in [0.1, 0.15) is 24.0 Å². The van der Waals surface area contributed by atoms with Crippen molar-refractivity contribution < 1.29 is 14.0 Å². The first-order valence-electron chi connectivity index (χ1n) is 9.60. The molecule has 1 aliphatic heterocycles. The lowest BCUT2D eigenvalue weighted by Gasteiger charge is -2.28. The minimum absolute atomic E-state index is 0.124. The summed E-state index contributed by atoms with van der Waals surface area (Å²) in [6.07, 6.45) is 3.44. The molecular formula is C22H25FN2O2S. The first-order chi connectivity index (χ1) is 13.6. The molecule has 0 aromatic heterocycles. The quantitative estimate of drug-likeness (QED) is 0.670. The van der Waals surface area contributed by atoms with E-state index in [0.29, 0.717) is 18.7 Å². The largest absolute Gasteiger partial charge is 0.354 e. The van der Waals surface area contributed by atoms with Gasteiger partial charge in [0.15, 0.2) is 0 Å². The van der Waals surface area contributed by atoms with Gasteiger partial charge >= 0.3 is 0 Å². The van der Waals surface area contributed by atoms with Crippen molar-refractivity contribution in [2.24, 2.45) is 0 Å². The Balaban J connectivity index is 1.35. The first kappa shape index (κ1) is 20.4. The van der Waals surface area contributed by atoms with Crippen LogP contribution >= 0.6 is 11.8 Å². The number of thioether (sulfide) groups is 1. The molecule has 1 saturated heterocycles. The van der Waals surface area contributed by atoms with Crippen LogP contribution in [-0.2, 0) is 22.4 Å². The third kappa shape index (κ3) is 6.09. The van der Waals surface area contributed by atoms with E-state index < -0.39 is 6.04 Å². The summed E-state index contributed by atoms with van der Waals surface area (Å²) in [5, 5.41) is 5.49. The van der Waals surface area contributed by atoms with Crippen LogP contribution in [0.2, 0.25) is 0 Å². The summed E-state index contributed by atoms with van der Waals surface area (Å²) in [7, 11) is 0. The van der Waals surface area contributed by atoms with Gasteiger partial charge in [-0.2, -0.15) is 0 Å². The number of hydrogen-bond acceptors (Lipinski definition) is 3. The molecule has 0 spiro atoms. The predicted molar refractivity (Wildman–Crippen MR) is 111 cm³/mol. The molecule has 0 bridgehead atoms. The van der Waals surface area contributed by atoms with E-state index in [4.69, 9.17) is 0 Å². The molecule has 1 fully saturated rings. The van der Waals surface area contributed by atoms with Gasteiger partial charge in [0.05, 0.1) is 5.25 Å². The minimum atomic E-state index is -0.490. The maximum atomic E-state index is 13.0. The monoisotopic (exact) mass is 400 g/mol. The highest BCUT2D eigenvalue weighted by molar-refractivity contribution is 8.00. The molecule has 1 aliphatic rings. The first-order valence-corrected chi connectivity index (χ1v) is 10.6. The van der Waals surface area contributed by atoms with Gasteiger partial charge in [0.1, 0.15) is 11.9 Å². The van der Waals surface area contributed by atoms with Crippen LogP contribution in [0.5, 0.6) is 0 Å². The summed E-state index contributed by atoms with van der Waals surface area (Å²) in [5.74, 6) is 0.00332. The summed E-state index contributed by atoms with van der Waals surface area (Å²) in [6, 6.07) is 16.0. The molecule has 148 valence electrons. The molecule has 3 rings (SSSR count). The lowest BCUT2D eigenvalue weighted by Crippen LogP contribution is -2.54. The Morgan fingerprint density at radius 3 is 2.54 bits per heavy atom. The van der Waals surface area contributed by atoms with Crippen LogP contribution < -0.4 is 10.6 Å². The van der Waals surface area contributed by atoms with Crippen molar-refractivity contribution in [3.05, 3.63) is 71.5 Å². The Hall–Kier alpha value is -2.34. The average molecular weight is 401 g/mol. The van der Waals surface area contributed by atoms with Crippen LogP contribution in [0.3, 0.4) is 0 Å². The molecule has 4 nitrogen and oxygen atoms in total. The van der Waals surface area contributed by atoms with Gasteiger partial charge in [-0.15, -0.1) is 11.8 Å². The molecule has 28 heavy (non-hydrogen) atoms. The topological polar surface area (TPSA) is 58.2 Å². The highest BCUT2D eigenvalue weighted by Crippen LogP contribution is 2.22. The molecule has 2 aromatic rings. The van der Waals surface area contributed by atoms with Gasteiger partial charge in [-0.25, -0.2) is 4.39 Å². The zero-order valence-corrected chi connectivity index (χ0v) is 16.5. The van der Waals surface area contributed by atoms with Crippen LogP contribution in [0.4, 0.5) is 4.39 Å². The third-order valence-electron chi connectivity index (χ3n) is 4.76. The van der Waals surface area contributed by atoms with Crippen LogP contribution in [0, 0.1) is 5.82 Å². The van der Waals surface area contributed by atoms with E-state index >= 15 is 0 Å². The fourth-order valence-electron chi connectivity index (χ4n) is 3.16. The Morgan fingerprint density at radius 1 is 1.07 bits per heavy atom. The molecule has 0 aliphatic carbocycles. The smallest absolute Gasteiger partial charge is 0.243 e. The highest BCUT2D eigenvalue weighted by atomic mass is 32.2. The molecular weight excluding hydrogens is 375 g/mol. The van der Waals surface area contributed by atoms with Crippen LogP contribution in [-0.4, -0.2) is 35.4 Å². The minimum Gasteiger partial charge on any atom is -0.354 e. The molecule has 2 amide bonds. The highest BCUT2D eigenvalue weighted by Gasteiger charge is 2.32. The number of aryl methyl sites for hydroxylation is 1. The fraction of sp³-hybridized carbons (Fsp3) is 0.364. The number of unbranched alkanes of at least 4 members (excludes halogenated alkanes) is 1. The zero-order chi connectivity index (χ0) is 19.8. The van der Waals surface area contributed by atoms with Crippen molar-refractivity contribution in [1.82, 2.24) is 10.6 Å². The van der Waals surface area contributed by atoms with E-state index in [-0.39, 0.29) is 22.9 Å². The molecule has 2 unspecified atom stereocenters. The Bertz CT molecular complexity index is 783. The maximum absolute atomic E-state index is 13.0. The third-order valence-corrected chi connectivity index (χ3v) is 6.07. The van der Waals surface area contributed by atoms with Gasteiger partial charge in [0.25, 0.3) is 0 Å². The second-order valence-corrected chi connectivity index (χ2v) is 8.18. The van der Waals surface area contributed by atoms with Gasteiger partial charge in [-0.1, -0.05) is 42.5 Å². The van der Waals surface area contributed by atoms with E-state index in [1.807, 2.05) is 18.2 Å². The predicted octanol–water partition coefficient (Wildman–Crippen LogP) is 3.11. The van der Waals surface area contributed by atoms with Crippen LogP contribution in [0.25, 0.3) is 0 Å². The zero-order valence-electron chi connectivity index (χ0n) is 15.7. The Labute approximate surface area is 169 Å². The number of rotatable bonds is 8. The molecule has 0 saturated carbocycles. The lowest BCUT2D eigenvalue weighted by molar-refractivity contribution is -0.128. The van der Waals surface area contributed by atoms with Gasteiger partial charge < -0.3 is 10.6 Å². The van der Waals surface area contributed by atoms with Crippen molar-refractivity contribution in [3.8, 4) is 0 Å². The van der Waals surface area contributed by atoms with Crippen molar-refractivity contribution in [2.75, 3.05) is 12.3 Å². The van der Waals surface area contributed by atoms with Crippen molar-refractivity contribution in [3.63, 3.8) is 0 Å². The van der Waals surface area contributed by atoms with E-state index in [2.05, 4.69) is 22.8 Å². The molecule has 1 heterocycles. The molecule has 6 heteroatoms. The van der Waals surface area contributed by atoms with E-state index in [1.165, 1.54) is 29.5 Å². The van der Waals surface area contributed by atoms with Crippen molar-refractivity contribution in [1.29, 1.82) is 0 Å². The Kier molecular flexibility index (Phi) is 7.48. The standard InChI is InChI=1S/C22H25FN2O2S/c23-18-11-9-17(10-12-18)14-20-22(27)25-19(15-28-20)21(26)24-13-5-4-8-16-6-2-1-3-7-16/h1-3,6-7,9-12,19-20H,4-5,8,13-15H2,(H,24,26)(H,25,27). The normalized spacial score (nSPS) is 19.1. The van der Waals surface area contributed by atoms with Crippen molar-refractivity contribution in [2.45, 2.75) is 37.0 Å². The SMILES string of the molecule is O=C(NCCCCc1ccccc1)C1CSC(Cc2ccc(F)cc2)C(=O)N1. The van der Waals surface area contributed by atoms with Gasteiger partial charge in [0, 0.05) is 12.3 Å². The molecule has 0 radical (unpaired) electrons. The summed E-state index contributed by atoms with van der Waals surface area (Å²) < 4.78 is 13.0. The number of nitrogens with one attached hydrogen (secondary N) is 2. The maximum Gasteiger partial charge on any atom is 0.243 e. The number of amides is 2. The fourth-order valence-corrected chi connectivity index (χ4v) is 4.34. The Morgan fingerprint density at radius 2 is 1.82 bits per heavy atom. The van der Waals surface area contributed by atoms with E-state index in [1.54, 1.807) is 12.1 Å². The number of hydrogen-bond donors (Lipinski definition) is 2. The van der Waals surface area contributed by atoms with Gasteiger partial charge in [-0.3, -0.25) is 9.59 Å². The summed E-state index contributed by atoms with van der Waals surface area (Å²) >= 11 is 1.48. The number of carbonyl (C=O) groups is 2. The summed E-state index contributed by atoms with van der Waals surface area (Å²) in [5.41, 5.74) is 2.22. The summed E-state index contributed by atoms with van der Waals surface area (Å²) in [4.78, 5) is 24.6. The summed E-state index contributed by atoms with van der Waals surface area (Å²) in [6.45, 7) is 0.613.